The highest BCUT2D eigenvalue weighted by Crippen LogP contribution is 2.26. The van der Waals surface area contributed by atoms with Crippen molar-refractivity contribution in [2.75, 3.05) is 7.11 Å². The van der Waals surface area contributed by atoms with E-state index in [1.165, 1.54) is 7.11 Å². The molecule has 0 fully saturated rings. The van der Waals surface area contributed by atoms with Crippen molar-refractivity contribution in [1.82, 2.24) is 0 Å². The quantitative estimate of drug-likeness (QED) is 0.826. The Bertz CT molecular complexity index is 449. The zero-order valence-electron chi connectivity index (χ0n) is 11.2. The van der Waals surface area contributed by atoms with Crippen molar-refractivity contribution in [2.24, 2.45) is 5.73 Å². The molecule has 0 bridgehead atoms. The van der Waals surface area contributed by atoms with Gasteiger partial charge >= 0.3 is 5.97 Å². The number of hydrogen-bond acceptors (Lipinski definition) is 3. The molecule has 0 saturated carbocycles. The smallest absolute Gasteiger partial charge is 0.315 e. The van der Waals surface area contributed by atoms with Crippen LogP contribution in [0.4, 0.5) is 0 Å². The van der Waals surface area contributed by atoms with Crippen LogP contribution in [-0.4, -0.2) is 19.0 Å². The van der Waals surface area contributed by atoms with Crippen LogP contribution in [0.1, 0.15) is 37.8 Å². The van der Waals surface area contributed by atoms with Gasteiger partial charge in [-0.2, -0.15) is 0 Å². The van der Waals surface area contributed by atoms with Gasteiger partial charge in [-0.3, -0.25) is 9.59 Å². The Balaban J connectivity index is 3.03. The van der Waals surface area contributed by atoms with E-state index in [1.54, 1.807) is 20.8 Å². The Morgan fingerprint density at radius 1 is 1.22 bits per heavy atom. The fourth-order valence-electron chi connectivity index (χ4n) is 1.73. The van der Waals surface area contributed by atoms with Gasteiger partial charge in [0.1, 0.15) is 0 Å². The highest BCUT2D eigenvalue weighted by Gasteiger charge is 2.30. The van der Waals surface area contributed by atoms with Crippen molar-refractivity contribution < 1.29 is 14.3 Å². The van der Waals surface area contributed by atoms with Crippen LogP contribution < -0.4 is 5.73 Å². The maximum Gasteiger partial charge on any atom is 0.315 e. The Kier molecular flexibility index (Phi) is 4.11. The molecule has 18 heavy (non-hydrogen) atoms. The molecule has 0 saturated heterocycles. The normalized spacial score (nSPS) is 12.9. The Labute approximate surface area is 107 Å². The minimum absolute atomic E-state index is 0.293. The van der Waals surface area contributed by atoms with Gasteiger partial charge in [-0.25, -0.2) is 0 Å². The van der Waals surface area contributed by atoms with Gasteiger partial charge in [-0.15, -0.1) is 0 Å². The van der Waals surface area contributed by atoms with E-state index in [0.29, 0.717) is 0 Å². The summed E-state index contributed by atoms with van der Waals surface area (Å²) in [5.41, 5.74) is 6.23. The molecule has 2 N–H and O–H groups in total. The van der Waals surface area contributed by atoms with Gasteiger partial charge in [0.15, 0.2) is 0 Å². The highest BCUT2D eigenvalue weighted by atomic mass is 16.5. The summed E-state index contributed by atoms with van der Waals surface area (Å²) in [7, 11) is 1.37. The molecule has 0 aliphatic rings. The standard InChI is InChI=1S/C14H19NO3/c1-9(12(15)16)10-5-7-11(8-6-10)14(2,3)13(17)18-4/h5-9H,1-4H3,(H2,15,16). The second kappa shape index (κ2) is 5.21. The molecular weight excluding hydrogens is 230 g/mol. The number of methoxy groups -OCH3 is 1. The van der Waals surface area contributed by atoms with Gasteiger partial charge in [0.25, 0.3) is 0 Å². The van der Waals surface area contributed by atoms with E-state index < -0.39 is 5.41 Å². The van der Waals surface area contributed by atoms with Crippen LogP contribution in [0.25, 0.3) is 0 Å². The van der Waals surface area contributed by atoms with Crippen LogP contribution in [-0.2, 0) is 19.7 Å². The Morgan fingerprint density at radius 3 is 2.11 bits per heavy atom. The van der Waals surface area contributed by atoms with Crippen LogP contribution in [0.5, 0.6) is 0 Å². The van der Waals surface area contributed by atoms with Crippen LogP contribution in [0, 0.1) is 0 Å². The molecule has 4 heteroatoms. The fourth-order valence-corrected chi connectivity index (χ4v) is 1.73. The van der Waals surface area contributed by atoms with Crippen molar-refractivity contribution >= 4 is 11.9 Å². The van der Waals surface area contributed by atoms with E-state index >= 15 is 0 Å². The molecule has 0 aliphatic heterocycles. The SMILES string of the molecule is COC(=O)C(C)(C)c1ccc(C(C)C(N)=O)cc1. The number of amides is 1. The van der Waals surface area contributed by atoms with Crippen molar-refractivity contribution in [3.8, 4) is 0 Å². The molecule has 98 valence electrons. The van der Waals surface area contributed by atoms with Crippen molar-refractivity contribution in [3.63, 3.8) is 0 Å². The second-order valence-electron chi connectivity index (χ2n) is 4.86. The highest BCUT2D eigenvalue weighted by molar-refractivity contribution is 5.83. The number of carbonyl (C=O) groups excluding carboxylic acids is 2. The average Bonchev–Trinajstić information content (AvgIpc) is 2.36. The lowest BCUT2D eigenvalue weighted by Gasteiger charge is -2.22. The lowest BCUT2D eigenvalue weighted by Crippen LogP contribution is -2.30. The molecule has 1 rings (SSSR count). The molecule has 1 aromatic carbocycles. The molecule has 1 aromatic rings. The maximum absolute atomic E-state index is 11.7. The number of rotatable bonds is 4. The molecule has 0 radical (unpaired) electrons. The number of primary amides is 1. The van der Waals surface area contributed by atoms with Crippen LogP contribution in [0.2, 0.25) is 0 Å². The van der Waals surface area contributed by atoms with E-state index in [4.69, 9.17) is 10.5 Å². The molecule has 0 heterocycles. The van der Waals surface area contributed by atoms with E-state index in [2.05, 4.69) is 0 Å². The summed E-state index contributed by atoms with van der Waals surface area (Å²) >= 11 is 0. The molecular formula is C14H19NO3. The maximum atomic E-state index is 11.7. The van der Waals surface area contributed by atoms with Gasteiger partial charge in [-0.05, 0) is 31.9 Å². The van der Waals surface area contributed by atoms with E-state index in [9.17, 15) is 9.59 Å². The predicted molar refractivity (Wildman–Crippen MR) is 69.1 cm³/mol. The zero-order valence-corrected chi connectivity index (χ0v) is 11.2. The first-order chi connectivity index (χ1) is 8.30. The molecule has 0 aromatic heterocycles. The summed E-state index contributed by atoms with van der Waals surface area (Å²) in [6, 6.07) is 7.28. The zero-order chi connectivity index (χ0) is 13.9. The topological polar surface area (TPSA) is 69.4 Å². The third-order valence-electron chi connectivity index (χ3n) is 3.25. The lowest BCUT2D eigenvalue weighted by atomic mass is 9.83. The number of hydrogen-bond donors (Lipinski definition) is 1. The molecule has 1 unspecified atom stereocenters. The van der Waals surface area contributed by atoms with Gasteiger partial charge in [0, 0.05) is 0 Å². The Hall–Kier alpha value is -1.84. The number of ether oxygens (including phenoxy) is 1. The first-order valence-electron chi connectivity index (χ1n) is 5.79. The van der Waals surface area contributed by atoms with Gasteiger partial charge < -0.3 is 10.5 Å². The minimum atomic E-state index is -0.705. The van der Waals surface area contributed by atoms with Crippen LogP contribution >= 0.6 is 0 Å². The summed E-state index contributed by atoms with van der Waals surface area (Å²) in [5.74, 6) is -0.992. The van der Waals surface area contributed by atoms with Crippen molar-refractivity contribution in [1.29, 1.82) is 0 Å². The summed E-state index contributed by atoms with van der Waals surface area (Å²) in [4.78, 5) is 22.7. The van der Waals surface area contributed by atoms with Crippen LogP contribution in [0.15, 0.2) is 24.3 Å². The van der Waals surface area contributed by atoms with E-state index in [1.807, 2.05) is 24.3 Å². The number of carbonyl (C=O) groups is 2. The summed E-state index contributed by atoms with van der Waals surface area (Å²) in [5, 5.41) is 0. The monoisotopic (exact) mass is 249 g/mol. The van der Waals surface area contributed by atoms with E-state index in [-0.39, 0.29) is 17.8 Å². The summed E-state index contributed by atoms with van der Waals surface area (Å²) in [6.07, 6.45) is 0. The molecule has 1 amide bonds. The third-order valence-corrected chi connectivity index (χ3v) is 3.25. The summed E-state index contributed by atoms with van der Waals surface area (Å²) < 4.78 is 4.77. The number of esters is 1. The fraction of sp³-hybridized carbons (Fsp3) is 0.429. The molecule has 0 aliphatic carbocycles. The number of nitrogens with two attached hydrogens (primary N) is 1. The molecule has 0 spiro atoms. The van der Waals surface area contributed by atoms with Gasteiger partial charge in [0.05, 0.1) is 18.4 Å². The number of benzene rings is 1. The van der Waals surface area contributed by atoms with Crippen molar-refractivity contribution in [3.05, 3.63) is 35.4 Å². The largest absolute Gasteiger partial charge is 0.468 e. The minimum Gasteiger partial charge on any atom is -0.468 e. The molecule has 4 nitrogen and oxygen atoms in total. The van der Waals surface area contributed by atoms with Gasteiger partial charge in [-0.1, -0.05) is 24.3 Å². The first-order valence-corrected chi connectivity index (χ1v) is 5.79. The Morgan fingerprint density at radius 2 is 1.72 bits per heavy atom. The van der Waals surface area contributed by atoms with Gasteiger partial charge in [0.2, 0.25) is 5.91 Å². The predicted octanol–water partition coefficient (Wildman–Crippen LogP) is 1.73. The lowest BCUT2D eigenvalue weighted by molar-refractivity contribution is -0.146. The van der Waals surface area contributed by atoms with Crippen molar-refractivity contribution in [2.45, 2.75) is 32.1 Å². The third kappa shape index (κ3) is 2.70. The van der Waals surface area contributed by atoms with E-state index in [0.717, 1.165) is 11.1 Å². The molecule has 1 atom stereocenters. The second-order valence-corrected chi connectivity index (χ2v) is 4.86. The average molecular weight is 249 g/mol. The summed E-state index contributed by atoms with van der Waals surface area (Å²) in [6.45, 7) is 5.35. The van der Waals surface area contributed by atoms with Crippen LogP contribution in [0.3, 0.4) is 0 Å². The first kappa shape index (κ1) is 14.2.